The molecule has 0 rings (SSSR count). The molecule has 0 nitrogen and oxygen atoms in total. The maximum atomic E-state index is 2.53. The molecule has 0 aromatic rings. The first-order valence-electron chi connectivity index (χ1n) is 12.2. The number of hydrogen-bond acceptors (Lipinski definition) is 0. The minimum absolute atomic E-state index is 0.956. The molecular formula is C25H52. The average molecular weight is 353 g/mol. The molecule has 0 saturated carbocycles. The van der Waals surface area contributed by atoms with Gasteiger partial charge in [0, 0.05) is 0 Å². The molecule has 2 unspecified atom stereocenters. The smallest absolute Gasteiger partial charge is 0.0412 e. The summed E-state index contributed by atoms with van der Waals surface area (Å²) in [5.74, 6) is 1.98. The monoisotopic (exact) mass is 352 g/mol. The second-order valence-electron chi connectivity index (χ2n) is 8.82. The standard InChI is InChI=1S/C25H52/c1-5-8-11-13-15-18-20-24(4)23-25(21-17-10-7-3)22-19-16-14-12-9-6-2/h24-25H,5-23H2,1-4H3. The Kier molecular flexibility index (Phi) is 20.3. The van der Waals surface area contributed by atoms with Gasteiger partial charge < -0.3 is 0 Å². The molecule has 0 N–H and O–H groups in total. The molecule has 0 fully saturated rings. The van der Waals surface area contributed by atoms with Crippen LogP contribution in [0.5, 0.6) is 0 Å². The second kappa shape index (κ2) is 20.3. The van der Waals surface area contributed by atoms with Crippen molar-refractivity contribution in [1.82, 2.24) is 0 Å². The molecule has 152 valence electrons. The Morgan fingerprint density at radius 3 is 1.32 bits per heavy atom. The van der Waals surface area contributed by atoms with E-state index in [1.54, 1.807) is 0 Å². The van der Waals surface area contributed by atoms with Gasteiger partial charge in [-0.25, -0.2) is 0 Å². The Balaban J connectivity index is 3.85. The lowest BCUT2D eigenvalue weighted by Gasteiger charge is -2.21. The summed E-state index contributed by atoms with van der Waals surface area (Å²) >= 11 is 0. The highest BCUT2D eigenvalue weighted by Gasteiger charge is 2.13. The summed E-state index contributed by atoms with van der Waals surface area (Å²) in [5, 5.41) is 0. The Hall–Kier alpha value is 0. The van der Waals surface area contributed by atoms with Crippen LogP contribution in [0.3, 0.4) is 0 Å². The molecule has 0 aromatic carbocycles. The number of unbranched alkanes of at least 4 members (excludes halogenated alkanes) is 12. The lowest BCUT2D eigenvalue weighted by molar-refractivity contribution is 0.314. The summed E-state index contributed by atoms with van der Waals surface area (Å²) in [6.45, 7) is 9.49. The molecule has 0 aliphatic carbocycles. The van der Waals surface area contributed by atoms with Gasteiger partial charge in [-0.15, -0.1) is 0 Å². The van der Waals surface area contributed by atoms with Crippen LogP contribution in [-0.2, 0) is 0 Å². The third kappa shape index (κ3) is 18.6. The van der Waals surface area contributed by atoms with Gasteiger partial charge in [-0.3, -0.25) is 0 Å². The fraction of sp³-hybridized carbons (Fsp3) is 1.00. The lowest BCUT2D eigenvalue weighted by atomic mass is 9.85. The van der Waals surface area contributed by atoms with E-state index in [1.807, 2.05) is 0 Å². The Bertz CT molecular complexity index is 232. The highest BCUT2D eigenvalue weighted by Crippen LogP contribution is 2.27. The topological polar surface area (TPSA) is 0 Å². The molecular weight excluding hydrogens is 300 g/mol. The van der Waals surface area contributed by atoms with Crippen LogP contribution in [-0.4, -0.2) is 0 Å². The van der Waals surface area contributed by atoms with Crippen molar-refractivity contribution in [2.24, 2.45) is 11.8 Å². The van der Waals surface area contributed by atoms with Crippen molar-refractivity contribution < 1.29 is 0 Å². The summed E-state index contributed by atoms with van der Waals surface area (Å²) in [6, 6.07) is 0. The molecule has 0 bridgehead atoms. The Labute approximate surface area is 161 Å². The van der Waals surface area contributed by atoms with Crippen molar-refractivity contribution in [3.05, 3.63) is 0 Å². The van der Waals surface area contributed by atoms with Crippen molar-refractivity contribution in [2.75, 3.05) is 0 Å². The van der Waals surface area contributed by atoms with Crippen LogP contribution < -0.4 is 0 Å². The van der Waals surface area contributed by atoms with Gasteiger partial charge in [0.1, 0.15) is 0 Å². The predicted molar refractivity (Wildman–Crippen MR) is 117 cm³/mol. The van der Waals surface area contributed by atoms with Crippen LogP contribution in [0, 0.1) is 11.8 Å². The lowest BCUT2D eigenvalue weighted by Crippen LogP contribution is -2.07. The highest BCUT2D eigenvalue weighted by molar-refractivity contribution is 4.65. The first-order valence-corrected chi connectivity index (χ1v) is 12.2. The van der Waals surface area contributed by atoms with Gasteiger partial charge in [0.15, 0.2) is 0 Å². The van der Waals surface area contributed by atoms with Crippen LogP contribution in [0.25, 0.3) is 0 Å². The minimum atomic E-state index is 0.956. The highest BCUT2D eigenvalue weighted by atomic mass is 14.2. The third-order valence-electron chi connectivity index (χ3n) is 5.97. The van der Waals surface area contributed by atoms with E-state index in [0.717, 1.165) is 11.8 Å². The van der Waals surface area contributed by atoms with Crippen LogP contribution >= 0.6 is 0 Å². The van der Waals surface area contributed by atoms with E-state index in [4.69, 9.17) is 0 Å². The zero-order valence-corrected chi connectivity index (χ0v) is 18.6. The van der Waals surface area contributed by atoms with Crippen molar-refractivity contribution in [3.63, 3.8) is 0 Å². The summed E-state index contributed by atoms with van der Waals surface area (Å²) in [6.07, 6.45) is 27.7. The molecule has 0 heteroatoms. The molecule has 0 heterocycles. The normalized spacial score (nSPS) is 13.9. The number of rotatable bonds is 20. The summed E-state index contributed by atoms with van der Waals surface area (Å²) in [5.41, 5.74) is 0. The van der Waals surface area contributed by atoms with Crippen LogP contribution in [0.15, 0.2) is 0 Å². The van der Waals surface area contributed by atoms with Crippen molar-refractivity contribution in [1.29, 1.82) is 0 Å². The van der Waals surface area contributed by atoms with Gasteiger partial charge in [-0.05, 0) is 18.3 Å². The maximum absolute atomic E-state index is 2.53. The van der Waals surface area contributed by atoms with E-state index in [-0.39, 0.29) is 0 Å². The van der Waals surface area contributed by atoms with Gasteiger partial charge in [-0.2, -0.15) is 0 Å². The number of hydrogen-bond donors (Lipinski definition) is 0. The van der Waals surface area contributed by atoms with Crippen LogP contribution in [0.2, 0.25) is 0 Å². The predicted octanol–water partition coefficient (Wildman–Crippen LogP) is 9.71. The zero-order valence-electron chi connectivity index (χ0n) is 18.6. The molecule has 0 aliphatic heterocycles. The van der Waals surface area contributed by atoms with Gasteiger partial charge in [-0.1, -0.05) is 143 Å². The second-order valence-corrected chi connectivity index (χ2v) is 8.82. The summed E-state index contributed by atoms with van der Waals surface area (Å²) in [7, 11) is 0. The quantitative estimate of drug-likeness (QED) is 0.191. The van der Waals surface area contributed by atoms with Gasteiger partial charge in [0.2, 0.25) is 0 Å². The van der Waals surface area contributed by atoms with Crippen molar-refractivity contribution in [3.8, 4) is 0 Å². The molecule has 0 amide bonds. The van der Waals surface area contributed by atoms with Crippen molar-refractivity contribution >= 4 is 0 Å². The molecule has 0 aliphatic rings. The van der Waals surface area contributed by atoms with E-state index >= 15 is 0 Å². The van der Waals surface area contributed by atoms with Crippen molar-refractivity contribution in [2.45, 2.75) is 150 Å². The molecule has 0 saturated heterocycles. The van der Waals surface area contributed by atoms with Gasteiger partial charge in [0.25, 0.3) is 0 Å². The van der Waals surface area contributed by atoms with E-state index in [9.17, 15) is 0 Å². The summed E-state index contributed by atoms with van der Waals surface area (Å²) in [4.78, 5) is 0. The van der Waals surface area contributed by atoms with E-state index in [2.05, 4.69) is 27.7 Å². The third-order valence-corrected chi connectivity index (χ3v) is 5.97. The Morgan fingerprint density at radius 2 is 0.800 bits per heavy atom. The SMILES string of the molecule is CCCCCCCCC(C)CC(CCCCC)CCCCCCCC. The molecule has 0 radical (unpaired) electrons. The van der Waals surface area contributed by atoms with Crippen LogP contribution in [0.4, 0.5) is 0 Å². The van der Waals surface area contributed by atoms with E-state index in [0.29, 0.717) is 0 Å². The summed E-state index contributed by atoms with van der Waals surface area (Å²) < 4.78 is 0. The van der Waals surface area contributed by atoms with Gasteiger partial charge >= 0.3 is 0 Å². The van der Waals surface area contributed by atoms with E-state index < -0.39 is 0 Å². The first kappa shape index (κ1) is 25.0. The van der Waals surface area contributed by atoms with E-state index in [1.165, 1.54) is 122 Å². The average Bonchev–Trinajstić information content (AvgIpc) is 2.61. The molecule has 2 atom stereocenters. The fourth-order valence-corrected chi connectivity index (χ4v) is 4.24. The molecule has 0 aromatic heterocycles. The molecule has 25 heavy (non-hydrogen) atoms. The first-order chi connectivity index (χ1) is 12.2. The maximum Gasteiger partial charge on any atom is -0.0412 e. The van der Waals surface area contributed by atoms with Gasteiger partial charge in [0.05, 0.1) is 0 Å². The largest absolute Gasteiger partial charge is 0.0654 e. The minimum Gasteiger partial charge on any atom is -0.0654 e. The Morgan fingerprint density at radius 1 is 0.440 bits per heavy atom. The fourth-order valence-electron chi connectivity index (χ4n) is 4.24. The van der Waals surface area contributed by atoms with Crippen LogP contribution in [0.1, 0.15) is 150 Å². The molecule has 0 spiro atoms. The zero-order chi connectivity index (χ0) is 18.6.